The predicted octanol–water partition coefficient (Wildman–Crippen LogP) is 3.78. The molecule has 0 bridgehead atoms. The first-order chi connectivity index (χ1) is 13.2. The molecule has 3 aliphatic rings. The lowest BCUT2D eigenvalue weighted by molar-refractivity contribution is -0.138. The minimum atomic E-state index is -0.337. The highest BCUT2D eigenvalue weighted by Gasteiger charge is 2.39. The summed E-state index contributed by atoms with van der Waals surface area (Å²) >= 11 is 0. The van der Waals surface area contributed by atoms with E-state index in [0.29, 0.717) is 11.1 Å². The van der Waals surface area contributed by atoms with Gasteiger partial charge in [-0.15, -0.1) is 0 Å². The van der Waals surface area contributed by atoms with E-state index < -0.39 is 0 Å². The molecule has 1 aromatic rings. The number of fused-ring (bicyclic) bond motifs is 1. The lowest BCUT2D eigenvalue weighted by Gasteiger charge is -2.42. The first-order valence-electron chi connectivity index (χ1n) is 10.4. The monoisotopic (exact) mass is 368 g/mol. The number of imide groups is 1. The van der Waals surface area contributed by atoms with Crippen molar-refractivity contribution in [1.29, 1.82) is 0 Å². The average molecular weight is 368 g/mol. The summed E-state index contributed by atoms with van der Waals surface area (Å²) in [5, 5.41) is 0. The first-order valence-corrected chi connectivity index (χ1v) is 10.4. The zero-order valence-electron chi connectivity index (χ0n) is 15.9. The molecule has 0 spiro atoms. The van der Waals surface area contributed by atoms with Crippen LogP contribution >= 0.6 is 0 Å². The van der Waals surface area contributed by atoms with Crippen molar-refractivity contribution in [1.82, 2.24) is 9.80 Å². The minimum Gasteiger partial charge on any atom is -0.335 e. The largest absolute Gasteiger partial charge is 0.335 e. The van der Waals surface area contributed by atoms with Crippen LogP contribution in [0.25, 0.3) is 0 Å². The van der Waals surface area contributed by atoms with E-state index in [0.717, 1.165) is 56.3 Å². The van der Waals surface area contributed by atoms with Gasteiger partial charge >= 0.3 is 0 Å². The molecule has 1 aliphatic heterocycles. The molecule has 2 fully saturated rings. The SMILES string of the molecule is O=C1c2ccccc2C(=O)N1CC(=O)N(C1CCCCC1)C1CCCCC1. The van der Waals surface area contributed by atoms with Crippen LogP contribution in [0.1, 0.15) is 84.9 Å². The van der Waals surface area contributed by atoms with Crippen LogP contribution in [0.4, 0.5) is 0 Å². The van der Waals surface area contributed by atoms with Gasteiger partial charge in [0.15, 0.2) is 0 Å². The van der Waals surface area contributed by atoms with Gasteiger partial charge in [-0.05, 0) is 37.8 Å². The van der Waals surface area contributed by atoms with Gasteiger partial charge < -0.3 is 4.90 Å². The summed E-state index contributed by atoms with van der Waals surface area (Å²) in [5.41, 5.74) is 0.828. The number of nitrogens with zero attached hydrogens (tertiary/aromatic N) is 2. The average Bonchev–Trinajstić information content (AvgIpc) is 2.95. The third-order valence-corrected chi connectivity index (χ3v) is 6.40. The molecule has 1 heterocycles. The Kier molecular flexibility index (Phi) is 5.28. The Hall–Kier alpha value is -2.17. The molecular weight excluding hydrogens is 340 g/mol. The Morgan fingerprint density at radius 1 is 0.815 bits per heavy atom. The van der Waals surface area contributed by atoms with E-state index in [1.54, 1.807) is 24.3 Å². The van der Waals surface area contributed by atoms with Crippen molar-refractivity contribution in [2.45, 2.75) is 76.3 Å². The molecule has 27 heavy (non-hydrogen) atoms. The third-order valence-electron chi connectivity index (χ3n) is 6.40. The lowest BCUT2D eigenvalue weighted by Crippen LogP contribution is -2.52. The van der Waals surface area contributed by atoms with E-state index >= 15 is 0 Å². The Balaban J connectivity index is 1.53. The molecule has 1 aromatic carbocycles. The Labute approximate surface area is 160 Å². The molecule has 144 valence electrons. The van der Waals surface area contributed by atoms with Gasteiger partial charge in [-0.2, -0.15) is 0 Å². The summed E-state index contributed by atoms with van der Waals surface area (Å²) in [7, 11) is 0. The van der Waals surface area contributed by atoms with E-state index in [2.05, 4.69) is 4.90 Å². The molecule has 0 atom stereocenters. The molecule has 2 aliphatic carbocycles. The molecule has 0 unspecified atom stereocenters. The third kappa shape index (κ3) is 3.52. The van der Waals surface area contributed by atoms with Crippen LogP contribution in [0.15, 0.2) is 24.3 Å². The number of hydrogen-bond donors (Lipinski definition) is 0. The molecule has 4 rings (SSSR count). The number of carbonyl (C=O) groups excluding carboxylic acids is 3. The van der Waals surface area contributed by atoms with Crippen molar-refractivity contribution in [2.24, 2.45) is 0 Å². The molecule has 0 radical (unpaired) electrons. The normalized spacial score (nSPS) is 21.4. The van der Waals surface area contributed by atoms with Gasteiger partial charge in [0.25, 0.3) is 11.8 Å². The van der Waals surface area contributed by atoms with Crippen molar-refractivity contribution in [2.75, 3.05) is 6.54 Å². The molecule has 3 amide bonds. The first kappa shape index (κ1) is 18.2. The Morgan fingerprint density at radius 3 is 1.70 bits per heavy atom. The van der Waals surface area contributed by atoms with E-state index in [4.69, 9.17) is 0 Å². The number of benzene rings is 1. The summed E-state index contributed by atoms with van der Waals surface area (Å²) in [4.78, 5) is 41.8. The Bertz CT molecular complexity index is 680. The van der Waals surface area contributed by atoms with Crippen LogP contribution in [0.5, 0.6) is 0 Å². The summed E-state index contributed by atoms with van der Waals surface area (Å²) in [6.45, 7) is -0.126. The summed E-state index contributed by atoms with van der Waals surface area (Å²) < 4.78 is 0. The predicted molar refractivity (Wildman–Crippen MR) is 102 cm³/mol. The molecular formula is C22H28N2O3. The highest BCUT2D eigenvalue weighted by atomic mass is 16.2. The molecule has 5 nitrogen and oxygen atoms in total. The summed E-state index contributed by atoms with van der Waals surface area (Å²) in [6, 6.07) is 7.38. The van der Waals surface area contributed by atoms with Gasteiger partial charge in [0, 0.05) is 12.1 Å². The van der Waals surface area contributed by atoms with Gasteiger partial charge in [-0.25, -0.2) is 0 Å². The fraction of sp³-hybridized carbons (Fsp3) is 0.591. The van der Waals surface area contributed by atoms with Gasteiger partial charge in [0.05, 0.1) is 11.1 Å². The van der Waals surface area contributed by atoms with Crippen molar-refractivity contribution in [3.8, 4) is 0 Å². The maximum absolute atomic E-state index is 13.3. The van der Waals surface area contributed by atoms with Crippen LogP contribution in [0.3, 0.4) is 0 Å². The van der Waals surface area contributed by atoms with Crippen LogP contribution in [0, 0.1) is 0 Å². The molecule has 5 heteroatoms. The lowest BCUT2D eigenvalue weighted by atomic mass is 9.88. The van der Waals surface area contributed by atoms with Crippen LogP contribution in [0.2, 0.25) is 0 Å². The molecule has 2 saturated carbocycles. The van der Waals surface area contributed by atoms with Gasteiger partial charge in [0.2, 0.25) is 5.91 Å². The van der Waals surface area contributed by atoms with Gasteiger partial charge in [0.1, 0.15) is 6.54 Å². The number of hydrogen-bond acceptors (Lipinski definition) is 3. The quantitative estimate of drug-likeness (QED) is 0.760. The fourth-order valence-electron chi connectivity index (χ4n) is 5.02. The van der Waals surface area contributed by atoms with E-state index in [9.17, 15) is 14.4 Å². The van der Waals surface area contributed by atoms with Crippen LogP contribution < -0.4 is 0 Å². The topological polar surface area (TPSA) is 57.7 Å². The smallest absolute Gasteiger partial charge is 0.262 e. The minimum absolute atomic E-state index is 0.0525. The number of amides is 3. The number of rotatable bonds is 4. The van der Waals surface area contributed by atoms with Crippen molar-refractivity contribution in [3.05, 3.63) is 35.4 Å². The van der Waals surface area contributed by atoms with Crippen LogP contribution in [-0.4, -0.2) is 46.1 Å². The second kappa shape index (κ2) is 7.83. The molecule has 0 aromatic heterocycles. The zero-order chi connectivity index (χ0) is 18.8. The second-order valence-electron chi connectivity index (χ2n) is 8.13. The van der Waals surface area contributed by atoms with E-state index in [1.807, 2.05) is 0 Å². The van der Waals surface area contributed by atoms with Gasteiger partial charge in [-0.1, -0.05) is 50.7 Å². The zero-order valence-corrected chi connectivity index (χ0v) is 15.9. The maximum Gasteiger partial charge on any atom is 0.262 e. The van der Waals surface area contributed by atoms with Crippen molar-refractivity contribution in [3.63, 3.8) is 0 Å². The van der Waals surface area contributed by atoms with Crippen molar-refractivity contribution >= 4 is 17.7 Å². The van der Waals surface area contributed by atoms with E-state index in [-0.39, 0.29) is 36.3 Å². The molecule has 0 N–H and O–H groups in total. The van der Waals surface area contributed by atoms with E-state index in [1.165, 1.54) is 12.8 Å². The standard InChI is InChI=1S/C22H28N2O3/c25-20(15-23-21(26)18-13-7-8-14-19(18)22(23)27)24(16-9-3-1-4-10-16)17-11-5-2-6-12-17/h7-8,13-14,16-17H,1-6,9-12,15H2. The van der Waals surface area contributed by atoms with Crippen LogP contribution in [-0.2, 0) is 4.79 Å². The molecule has 0 saturated heterocycles. The second-order valence-corrected chi connectivity index (χ2v) is 8.13. The fourth-order valence-corrected chi connectivity index (χ4v) is 5.02. The van der Waals surface area contributed by atoms with Gasteiger partial charge in [-0.3, -0.25) is 19.3 Å². The summed E-state index contributed by atoms with van der Waals surface area (Å²) in [6.07, 6.45) is 11.3. The highest BCUT2D eigenvalue weighted by Crippen LogP contribution is 2.31. The number of carbonyl (C=O) groups is 3. The summed E-state index contributed by atoms with van der Waals surface area (Å²) in [5.74, 6) is -0.726. The highest BCUT2D eigenvalue weighted by molar-refractivity contribution is 6.22. The van der Waals surface area contributed by atoms with Crippen molar-refractivity contribution < 1.29 is 14.4 Å². The Morgan fingerprint density at radius 2 is 1.26 bits per heavy atom. The maximum atomic E-state index is 13.3.